The number of carbonyl (C=O) groups is 1. The van der Waals surface area contributed by atoms with Crippen LogP contribution in [0, 0.1) is 6.92 Å². The van der Waals surface area contributed by atoms with Crippen LogP contribution in [0.1, 0.15) is 33.5 Å². The van der Waals surface area contributed by atoms with Gasteiger partial charge in [-0.05, 0) is 24.6 Å². The summed E-state index contributed by atoms with van der Waals surface area (Å²) in [5, 5.41) is 3.04. The van der Waals surface area contributed by atoms with Crippen molar-refractivity contribution in [2.75, 3.05) is 0 Å². The third-order valence-corrected chi connectivity index (χ3v) is 3.65. The zero-order chi connectivity index (χ0) is 15.5. The van der Waals surface area contributed by atoms with Crippen molar-refractivity contribution in [1.29, 1.82) is 0 Å². The number of nitrogens with one attached hydrogen (secondary N) is 2. The van der Waals surface area contributed by atoms with Crippen LogP contribution < -0.4 is 5.32 Å². The van der Waals surface area contributed by atoms with Crippen LogP contribution in [-0.4, -0.2) is 20.4 Å². The monoisotopic (exact) mass is 294 g/mol. The first-order chi connectivity index (χ1) is 10.6. The maximum atomic E-state index is 12.4. The molecule has 2 aromatic heterocycles. The van der Waals surface area contributed by atoms with Crippen molar-refractivity contribution < 1.29 is 4.79 Å². The first kappa shape index (κ1) is 14.1. The van der Waals surface area contributed by atoms with Crippen LogP contribution in [0.15, 0.2) is 55.0 Å². The van der Waals surface area contributed by atoms with Crippen LogP contribution in [0.3, 0.4) is 0 Å². The van der Waals surface area contributed by atoms with Crippen molar-refractivity contribution in [1.82, 2.24) is 19.9 Å². The Balaban J connectivity index is 1.95. The minimum absolute atomic E-state index is 0.154. The van der Waals surface area contributed by atoms with Gasteiger partial charge in [0, 0.05) is 25.6 Å². The van der Waals surface area contributed by atoms with Crippen molar-refractivity contribution >= 4 is 5.91 Å². The Morgan fingerprint density at radius 2 is 2.05 bits per heavy atom. The lowest BCUT2D eigenvalue weighted by atomic mass is 10.0. The first-order valence-electron chi connectivity index (χ1n) is 7.13. The Bertz CT molecular complexity index is 756. The number of benzene rings is 1. The van der Waals surface area contributed by atoms with Gasteiger partial charge in [-0.1, -0.05) is 29.8 Å². The van der Waals surface area contributed by atoms with E-state index < -0.39 is 0 Å². The molecule has 1 atom stereocenters. The minimum atomic E-state index is -0.295. The molecule has 5 nitrogen and oxygen atoms in total. The maximum absolute atomic E-state index is 12.4. The zero-order valence-electron chi connectivity index (χ0n) is 12.6. The van der Waals surface area contributed by atoms with E-state index in [0.717, 1.165) is 11.4 Å². The number of aryl methyl sites for hydroxylation is 2. The van der Waals surface area contributed by atoms with E-state index in [9.17, 15) is 4.79 Å². The summed E-state index contributed by atoms with van der Waals surface area (Å²) < 4.78 is 1.92. The first-order valence-corrected chi connectivity index (χ1v) is 7.13. The predicted octanol–water partition coefficient (Wildman–Crippen LogP) is 2.58. The minimum Gasteiger partial charge on any atom is -0.357 e. The van der Waals surface area contributed by atoms with Crippen molar-refractivity contribution in [3.63, 3.8) is 0 Å². The fourth-order valence-electron chi connectivity index (χ4n) is 2.39. The van der Waals surface area contributed by atoms with Crippen LogP contribution in [0.4, 0.5) is 0 Å². The third-order valence-electron chi connectivity index (χ3n) is 3.65. The SMILES string of the molecule is Cc1ccc(C(NC(=O)c2ccc[nH]2)c2nccn2C)cc1. The Hall–Kier alpha value is -2.82. The molecule has 5 heteroatoms. The van der Waals surface area contributed by atoms with Crippen LogP contribution >= 0.6 is 0 Å². The molecule has 3 aromatic rings. The molecule has 2 N–H and O–H groups in total. The predicted molar refractivity (Wildman–Crippen MR) is 84.5 cm³/mol. The van der Waals surface area contributed by atoms with Crippen molar-refractivity contribution in [3.8, 4) is 0 Å². The molecule has 0 aliphatic carbocycles. The number of aromatic amines is 1. The average Bonchev–Trinajstić information content (AvgIpc) is 3.17. The highest BCUT2D eigenvalue weighted by molar-refractivity contribution is 5.92. The highest BCUT2D eigenvalue weighted by atomic mass is 16.1. The Morgan fingerprint density at radius 3 is 2.64 bits per heavy atom. The van der Waals surface area contributed by atoms with Crippen LogP contribution in [0.5, 0.6) is 0 Å². The summed E-state index contributed by atoms with van der Waals surface area (Å²) in [5.41, 5.74) is 2.71. The molecule has 2 heterocycles. The largest absolute Gasteiger partial charge is 0.357 e. The Morgan fingerprint density at radius 1 is 1.27 bits per heavy atom. The Labute approximate surface area is 129 Å². The van der Waals surface area contributed by atoms with Gasteiger partial charge in [0.1, 0.15) is 17.6 Å². The summed E-state index contributed by atoms with van der Waals surface area (Å²) in [6, 6.07) is 11.4. The van der Waals surface area contributed by atoms with E-state index in [4.69, 9.17) is 0 Å². The van der Waals surface area contributed by atoms with Crippen LogP contribution in [0.2, 0.25) is 0 Å². The Kier molecular flexibility index (Phi) is 3.78. The van der Waals surface area contributed by atoms with Crippen LogP contribution in [-0.2, 0) is 7.05 Å². The van der Waals surface area contributed by atoms with Gasteiger partial charge >= 0.3 is 0 Å². The van der Waals surface area contributed by atoms with Gasteiger partial charge in [0.25, 0.3) is 5.91 Å². The standard InChI is InChI=1S/C17H18N4O/c1-12-5-7-13(8-6-12)15(16-19-10-11-21(16)2)20-17(22)14-4-3-9-18-14/h3-11,15,18H,1-2H3,(H,20,22). The molecule has 0 aliphatic rings. The number of H-pyrrole nitrogens is 1. The fraction of sp³-hybridized carbons (Fsp3) is 0.176. The molecule has 0 fully saturated rings. The van der Waals surface area contributed by atoms with E-state index in [0.29, 0.717) is 5.69 Å². The molecular formula is C17H18N4O. The number of imidazole rings is 1. The highest BCUT2D eigenvalue weighted by Crippen LogP contribution is 2.21. The molecule has 112 valence electrons. The maximum Gasteiger partial charge on any atom is 0.268 e. The summed E-state index contributed by atoms with van der Waals surface area (Å²) >= 11 is 0. The second kappa shape index (κ2) is 5.89. The normalized spacial score (nSPS) is 12.1. The summed E-state index contributed by atoms with van der Waals surface area (Å²) in [6.45, 7) is 2.04. The number of hydrogen-bond acceptors (Lipinski definition) is 2. The number of nitrogens with zero attached hydrogens (tertiary/aromatic N) is 2. The van der Waals surface area contributed by atoms with Gasteiger partial charge in [-0.3, -0.25) is 4.79 Å². The summed E-state index contributed by atoms with van der Waals surface area (Å²) in [5.74, 6) is 0.641. The van der Waals surface area contributed by atoms with Gasteiger partial charge in [-0.25, -0.2) is 4.98 Å². The lowest BCUT2D eigenvalue weighted by Crippen LogP contribution is -2.31. The summed E-state index contributed by atoms with van der Waals surface area (Å²) in [6.07, 6.45) is 5.34. The molecule has 0 bridgehead atoms. The van der Waals surface area contributed by atoms with Gasteiger partial charge in [-0.15, -0.1) is 0 Å². The average molecular weight is 294 g/mol. The number of carbonyl (C=O) groups excluding carboxylic acids is 1. The fourth-order valence-corrected chi connectivity index (χ4v) is 2.39. The van der Waals surface area contributed by atoms with E-state index in [2.05, 4.69) is 15.3 Å². The second-order valence-electron chi connectivity index (χ2n) is 5.30. The molecule has 0 aliphatic heterocycles. The number of amides is 1. The van der Waals surface area contributed by atoms with Crippen molar-refractivity contribution in [3.05, 3.63) is 77.6 Å². The quantitative estimate of drug-likeness (QED) is 0.777. The number of aromatic nitrogens is 3. The molecule has 1 amide bonds. The van der Waals surface area contributed by atoms with Crippen molar-refractivity contribution in [2.24, 2.45) is 7.05 Å². The summed E-state index contributed by atoms with van der Waals surface area (Å²) in [4.78, 5) is 19.7. The van der Waals surface area contributed by atoms with Crippen LogP contribution in [0.25, 0.3) is 0 Å². The molecule has 3 rings (SSSR count). The molecule has 0 saturated carbocycles. The lowest BCUT2D eigenvalue weighted by Gasteiger charge is -2.19. The topological polar surface area (TPSA) is 62.7 Å². The van der Waals surface area contributed by atoms with Gasteiger partial charge in [0.05, 0.1) is 0 Å². The molecule has 1 unspecified atom stereocenters. The number of hydrogen-bond donors (Lipinski definition) is 2. The van der Waals surface area contributed by atoms with Gasteiger partial charge < -0.3 is 14.9 Å². The van der Waals surface area contributed by atoms with E-state index in [1.165, 1.54) is 5.56 Å². The molecule has 0 spiro atoms. The van der Waals surface area contributed by atoms with E-state index in [-0.39, 0.29) is 11.9 Å². The molecule has 22 heavy (non-hydrogen) atoms. The smallest absolute Gasteiger partial charge is 0.268 e. The lowest BCUT2D eigenvalue weighted by molar-refractivity contribution is 0.0936. The van der Waals surface area contributed by atoms with Gasteiger partial charge in [0.2, 0.25) is 0 Å². The zero-order valence-corrected chi connectivity index (χ0v) is 12.6. The molecule has 0 saturated heterocycles. The third kappa shape index (κ3) is 2.79. The molecule has 1 aromatic carbocycles. The van der Waals surface area contributed by atoms with Gasteiger partial charge in [0.15, 0.2) is 0 Å². The van der Waals surface area contributed by atoms with E-state index >= 15 is 0 Å². The molecule has 0 radical (unpaired) electrons. The van der Waals surface area contributed by atoms with Crippen molar-refractivity contribution in [2.45, 2.75) is 13.0 Å². The second-order valence-corrected chi connectivity index (χ2v) is 5.30. The van der Waals surface area contributed by atoms with E-state index in [1.807, 2.05) is 49.0 Å². The van der Waals surface area contributed by atoms with E-state index in [1.54, 1.807) is 24.5 Å². The highest BCUT2D eigenvalue weighted by Gasteiger charge is 2.21. The van der Waals surface area contributed by atoms with Gasteiger partial charge in [-0.2, -0.15) is 0 Å². The summed E-state index contributed by atoms with van der Waals surface area (Å²) in [7, 11) is 1.92. The molecular weight excluding hydrogens is 276 g/mol. The number of rotatable bonds is 4.